The van der Waals surface area contributed by atoms with Gasteiger partial charge in [0, 0.05) is 18.1 Å². The van der Waals surface area contributed by atoms with Crippen LogP contribution in [0, 0.1) is 0 Å². The van der Waals surface area contributed by atoms with Gasteiger partial charge in [0.15, 0.2) is 0 Å². The lowest BCUT2D eigenvalue weighted by molar-refractivity contribution is 0.0522. The highest BCUT2D eigenvalue weighted by Crippen LogP contribution is 2.31. The minimum absolute atomic E-state index is 0.102. The zero-order valence-electron chi connectivity index (χ0n) is 11.3. The van der Waals surface area contributed by atoms with E-state index < -0.39 is 9.84 Å². The summed E-state index contributed by atoms with van der Waals surface area (Å²) in [6, 6.07) is 0.416. The second kappa shape index (κ2) is 5.67. The molecule has 1 aliphatic rings. The van der Waals surface area contributed by atoms with Gasteiger partial charge in [-0.05, 0) is 39.7 Å². The monoisotopic (exact) mass is 262 g/mol. The van der Waals surface area contributed by atoms with Crippen molar-refractivity contribution >= 4 is 9.84 Å². The summed E-state index contributed by atoms with van der Waals surface area (Å²) in [5.74, 6) is 0.578. The summed E-state index contributed by atoms with van der Waals surface area (Å²) in [6.07, 6.45) is 2.45. The SMILES string of the molecule is CCCN(C(C)C)C1(CN)CCS(=O)(=O)CC1. The number of hydrogen-bond donors (Lipinski definition) is 1. The van der Waals surface area contributed by atoms with E-state index in [4.69, 9.17) is 5.73 Å². The molecule has 0 amide bonds. The first kappa shape index (κ1) is 14.9. The molecule has 0 radical (unpaired) electrons. The third-order valence-corrected chi connectivity index (χ3v) is 5.49. The van der Waals surface area contributed by atoms with Gasteiger partial charge in [-0.15, -0.1) is 0 Å². The van der Waals surface area contributed by atoms with Gasteiger partial charge in [-0.1, -0.05) is 6.92 Å². The van der Waals surface area contributed by atoms with Crippen LogP contribution in [0.3, 0.4) is 0 Å². The first-order chi connectivity index (χ1) is 7.87. The molecule has 1 heterocycles. The second-order valence-corrected chi connectivity index (χ2v) is 7.67. The summed E-state index contributed by atoms with van der Waals surface area (Å²) in [6.45, 7) is 8.03. The van der Waals surface area contributed by atoms with Crippen LogP contribution in [-0.4, -0.2) is 49.5 Å². The highest BCUT2D eigenvalue weighted by molar-refractivity contribution is 7.91. The van der Waals surface area contributed by atoms with E-state index in [9.17, 15) is 8.42 Å². The summed E-state index contributed by atoms with van der Waals surface area (Å²) in [5, 5.41) is 0. The van der Waals surface area contributed by atoms with E-state index in [1.807, 2.05) is 0 Å². The number of nitrogens with zero attached hydrogens (tertiary/aromatic N) is 1. The minimum Gasteiger partial charge on any atom is -0.329 e. The molecule has 0 aliphatic carbocycles. The van der Waals surface area contributed by atoms with Crippen LogP contribution in [0.1, 0.15) is 40.0 Å². The first-order valence-electron chi connectivity index (χ1n) is 6.54. The van der Waals surface area contributed by atoms with Gasteiger partial charge in [0.25, 0.3) is 0 Å². The molecular formula is C12H26N2O2S. The van der Waals surface area contributed by atoms with E-state index in [1.165, 1.54) is 0 Å². The Morgan fingerprint density at radius 3 is 2.18 bits per heavy atom. The van der Waals surface area contributed by atoms with Crippen molar-refractivity contribution < 1.29 is 8.42 Å². The van der Waals surface area contributed by atoms with Crippen molar-refractivity contribution in [2.24, 2.45) is 5.73 Å². The largest absolute Gasteiger partial charge is 0.329 e. The van der Waals surface area contributed by atoms with E-state index in [0.29, 0.717) is 25.4 Å². The summed E-state index contributed by atoms with van der Waals surface area (Å²) in [7, 11) is -2.82. The van der Waals surface area contributed by atoms with Crippen LogP contribution in [0.5, 0.6) is 0 Å². The predicted molar refractivity (Wildman–Crippen MR) is 71.8 cm³/mol. The molecule has 102 valence electrons. The molecule has 0 saturated carbocycles. The Morgan fingerprint density at radius 2 is 1.82 bits per heavy atom. The summed E-state index contributed by atoms with van der Waals surface area (Å²) in [5.41, 5.74) is 5.86. The molecule has 1 rings (SSSR count). The van der Waals surface area contributed by atoms with Gasteiger partial charge in [-0.3, -0.25) is 4.90 Å². The molecule has 17 heavy (non-hydrogen) atoms. The molecule has 1 aliphatic heterocycles. The summed E-state index contributed by atoms with van der Waals surface area (Å²) < 4.78 is 23.1. The topological polar surface area (TPSA) is 63.4 Å². The van der Waals surface area contributed by atoms with Crippen molar-refractivity contribution in [2.75, 3.05) is 24.6 Å². The van der Waals surface area contributed by atoms with Crippen molar-refractivity contribution in [1.82, 2.24) is 4.90 Å². The van der Waals surface area contributed by atoms with Crippen molar-refractivity contribution in [2.45, 2.75) is 51.6 Å². The lowest BCUT2D eigenvalue weighted by atomic mass is 9.88. The Bertz CT molecular complexity index is 324. The molecule has 5 heteroatoms. The molecular weight excluding hydrogens is 236 g/mol. The lowest BCUT2D eigenvalue weighted by Gasteiger charge is -2.48. The molecule has 0 unspecified atom stereocenters. The molecule has 1 fully saturated rings. The van der Waals surface area contributed by atoms with E-state index in [1.54, 1.807) is 0 Å². The zero-order chi connectivity index (χ0) is 13.1. The molecule has 0 aromatic carbocycles. The highest BCUT2D eigenvalue weighted by Gasteiger charge is 2.41. The Morgan fingerprint density at radius 1 is 1.29 bits per heavy atom. The Balaban J connectivity index is 2.87. The maximum atomic E-state index is 11.5. The lowest BCUT2D eigenvalue weighted by Crippen LogP contribution is -2.60. The first-order valence-corrected chi connectivity index (χ1v) is 8.36. The van der Waals surface area contributed by atoms with Crippen LogP contribution in [-0.2, 0) is 9.84 Å². The van der Waals surface area contributed by atoms with Crippen molar-refractivity contribution in [3.05, 3.63) is 0 Å². The Hall–Kier alpha value is -0.130. The van der Waals surface area contributed by atoms with Gasteiger partial charge in [0.2, 0.25) is 0 Å². The predicted octanol–water partition coefficient (Wildman–Crippen LogP) is 1.01. The number of nitrogens with two attached hydrogens (primary N) is 1. The average molecular weight is 262 g/mol. The molecule has 4 nitrogen and oxygen atoms in total. The highest BCUT2D eigenvalue weighted by atomic mass is 32.2. The Kier molecular flexibility index (Phi) is 4.98. The van der Waals surface area contributed by atoms with Gasteiger partial charge in [0.05, 0.1) is 11.5 Å². The van der Waals surface area contributed by atoms with E-state index in [-0.39, 0.29) is 17.0 Å². The smallest absolute Gasteiger partial charge is 0.150 e. The summed E-state index contributed by atoms with van der Waals surface area (Å²) in [4.78, 5) is 2.40. The molecule has 0 bridgehead atoms. The maximum Gasteiger partial charge on any atom is 0.150 e. The molecule has 1 saturated heterocycles. The third kappa shape index (κ3) is 3.42. The maximum absolute atomic E-state index is 11.5. The van der Waals surface area contributed by atoms with Crippen LogP contribution in [0.2, 0.25) is 0 Å². The quantitative estimate of drug-likeness (QED) is 0.803. The van der Waals surface area contributed by atoms with E-state index in [2.05, 4.69) is 25.7 Å². The van der Waals surface area contributed by atoms with Gasteiger partial charge >= 0.3 is 0 Å². The second-order valence-electron chi connectivity index (χ2n) is 5.37. The fourth-order valence-corrected chi connectivity index (χ4v) is 4.40. The zero-order valence-corrected chi connectivity index (χ0v) is 12.1. The van der Waals surface area contributed by atoms with Crippen molar-refractivity contribution in [3.63, 3.8) is 0 Å². The van der Waals surface area contributed by atoms with Crippen LogP contribution in [0.4, 0.5) is 0 Å². The molecule has 0 aromatic heterocycles. The molecule has 0 atom stereocenters. The normalized spacial score (nSPS) is 23.2. The van der Waals surface area contributed by atoms with Gasteiger partial charge in [-0.25, -0.2) is 8.42 Å². The molecule has 2 N–H and O–H groups in total. The summed E-state index contributed by atoms with van der Waals surface area (Å²) >= 11 is 0. The average Bonchev–Trinajstić information content (AvgIpc) is 2.27. The third-order valence-electron chi connectivity index (χ3n) is 3.83. The number of hydrogen-bond acceptors (Lipinski definition) is 4. The fourth-order valence-electron chi connectivity index (χ4n) is 2.81. The van der Waals surface area contributed by atoms with Crippen LogP contribution < -0.4 is 5.73 Å². The van der Waals surface area contributed by atoms with Gasteiger partial charge in [0.1, 0.15) is 9.84 Å². The van der Waals surface area contributed by atoms with E-state index >= 15 is 0 Å². The molecule has 0 aromatic rings. The standard InChI is InChI=1S/C12H26N2O2S/c1-4-7-14(11(2)3)12(10-13)5-8-17(15,16)9-6-12/h11H,4-10,13H2,1-3H3. The van der Waals surface area contributed by atoms with Gasteiger partial charge < -0.3 is 5.73 Å². The van der Waals surface area contributed by atoms with E-state index in [0.717, 1.165) is 13.0 Å². The van der Waals surface area contributed by atoms with Gasteiger partial charge in [-0.2, -0.15) is 0 Å². The number of sulfone groups is 1. The minimum atomic E-state index is -2.82. The van der Waals surface area contributed by atoms with Crippen LogP contribution in [0.15, 0.2) is 0 Å². The molecule has 0 spiro atoms. The van der Waals surface area contributed by atoms with Crippen LogP contribution >= 0.6 is 0 Å². The Labute approximate surface area is 105 Å². The van der Waals surface area contributed by atoms with Crippen molar-refractivity contribution in [1.29, 1.82) is 0 Å². The number of rotatable bonds is 5. The fraction of sp³-hybridized carbons (Fsp3) is 1.00. The van der Waals surface area contributed by atoms with Crippen LogP contribution in [0.25, 0.3) is 0 Å². The van der Waals surface area contributed by atoms with Crippen molar-refractivity contribution in [3.8, 4) is 0 Å².